The van der Waals surface area contributed by atoms with Crippen LogP contribution in [0.4, 0.5) is 17.6 Å². The molecule has 2 saturated heterocycles. The molecule has 2 aliphatic heterocycles. The molecule has 6 nitrogen and oxygen atoms in total. The average Bonchev–Trinajstić information content (AvgIpc) is 2.82. The summed E-state index contributed by atoms with van der Waals surface area (Å²) in [5.74, 6) is -0.531. The predicted molar refractivity (Wildman–Crippen MR) is 123 cm³/mol. The molecule has 2 aromatic carbocycles. The van der Waals surface area contributed by atoms with Crippen molar-refractivity contribution in [3.05, 3.63) is 71.0 Å². The third kappa shape index (κ3) is 7.25. The maximum Gasteiger partial charge on any atom is 0.416 e. The summed E-state index contributed by atoms with van der Waals surface area (Å²) in [6.07, 6.45) is -4.53. The van der Waals surface area contributed by atoms with Gasteiger partial charge < -0.3 is 19.9 Å². The number of nitrogens with one attached hydrogen (secondary N) is 1. The van der Waals surface area contributed by atoms with Gasteiger partial charge in [-0.1, -0.05) is 30.3 Å². The number of β-amino-alcohol motifs (C(OH)–C–C–N with tert-alkyl or cyclic N) is 1. The Morgan fingerprint density at radius 3 is 2.61 bits per heavy atom. The van der Waals surface area contributed by atoms with Crippen LogP contribution in [0, 0.1) is 5.82 Å². The number of halogens is 4. The molecule has 0 saturated carbocycles. The molecular formula is C26H30F4N2O4. The SMILES string of the molecule is O=C(C[C@@H]1CC[C@H]2[C@@H](COC[C@@H](O)CN2Cc2cccc(C(F)(F)F)c2)O1)NCc1ccc(F)cc1. The minimum absolute atomic E-state index is 0.0918. The lowest BCUT2D eigenvalue weighted by Gasteiger charge is -2.44. The molecule has 4 atom stereocenters. The first kappa shape index (κ1) is 26.5. The first-order valence-electron chi connectivity index (χ1n) is 12.0. The lowest BCUT2D eigenvalue weighted by Crippen LogP contribution is -2.55. The van der Waals surface area contributed by atoms with Gasteiger partial charge in [0.15, 0.2) is 0 Å². The van der Waals surface area contributed by atoms with E-state index in [-0.39, 0.29) is 69.2 Å². The summed E-state index contributed by atoms with van der Waals surface area (Å²) in [5, 5.41) is 13.1. The van der Waals surface area contributed by atoms with Crippen molar-refractivity contribution >= 4 is 5.91 Å². The number of alkyl halides is 3. The summed E-state index contributed by atoms with van der Waals surface area (Å²) in [5.41, 5.74) is 0.574. The molecular weight excluding hydrogens is 480 g/mol. The van der Waals surface area contributed by atoms with Crippen LogP contribution in [0.3, 0.4) is 0 Å². The highest BCUT2D eigenvalue weighted by Gasteiger charge is 2.38. The molecule has 2 heterocycles. The number of aliphatic hydroxyl groups excluding tert-OH is 1. The van der Waals surface area contributed by atoms with Gasteiger partial charge in [-0.15, -0.1) is 0 Å². The fourth-order valence-electron chi connectivity index (χ4n) is 4.79. The Morgan fingerprint density at radius 1 is 1.08 bits per heavy atom. The summed E-state index contributed by atoms with van der Waals surface area (Å²) >= 11 is 0. The van der Waals surface area contributed by atoms with Crippen molar-refractivity contribution in [1.29, 1.82) is 0 Å². The van der Waals surface area contributed by atoms with Gasteiger partial charge in [0.2, 0.25) is 5.91 Å². The Morgan fingerprint density at radius 2 is 1.86 bits per heavy atom. The molecule has 10 heteroatoms. The van der Waals surface area contributed by atoms with Crippen molar-refractivity contribution in [3.63, 3.8) is 0 Å². The number of fused-ring (bicyclic) bond motifs is 1. The van der Waals surface area contributed by atoms with Gasteiger partial charge in [0.1, 0.15) is 5.82 Å². The first-order valence-corrected chi connectivity index (χ1v) is 12.0. The normalized spacial score (nSPS) is 25.5. The number of amides is 1. The van der Waals surface area contributed by atoms with Crippen molar-refractivity contribution < 1.29 is 36.9 Å². The molecule has 1 amide bonds. The van der Waals surface area contributed by atoms with E-state index in [1.54, 1.807) is 18.2 Å². The van der Waals surface area contributed by atoms with E-state index in [2.05, 4.69) is 5.32 Å². The van der Waals surface area contributed by atoms with E-state index in [1.165, 1.54) is 18.2 Å². The summed E-state index contributed by atoms with van der Waals surface area (Å²) in [4.78, 5) is 14.4. The summed E-state index contributed by atoms with van der Waals surface area (Å²) in [7, 11) is 0. The van der Waals surface area contributed by atoms with E-state index in [4.69, 9.17) is 9.47 Å². The minimum Gasteiger partial charge on any atom is -0.389 e. The van der Waals surface area contributed by atoms with Crippen LogP contribution in [0.5, 0.6) is 0 Å². The van der Waals surface area contributed by atoms with Crippen LogP contribution in [0.25, 0.3) is 0 Å². The molecule has 0 aromatic heterocycles. The fraction of sp³-hybridized carbons (Fsp3) is 0.500. The maximum atomic E-state index is 13.2. The number of ether oxygens (including phenoxy) is 2. The Balaban J connectivity index is 1.37. The molecule has 2 fully saturated rings. The molecule has 196 valence electrons. The van der Waals surface area contributed by atoms with Crippen LogP contribution in [0.1, 0.15) is 36.0 Å². The van der Waals surface area contributed by atoms with Crippen LogP contribution in [0.15, 0.2) is 48.5 Å². The fourth-order valence-corrected chi connectivity index (χ4v) is 4.79. The van der Waals surface area contributed by atoms with E-state index in [0.29, 0.717) is 18.4 Å². The van der Waals surface area contributed by atoms with Crippen molar-refractivity contribution in [2.24, 2.45) is 0 Å². The van der Waals surface area contributed by atoms with E-state index >= 15 is 0 Å². The van der Waals surface area contributed by atoms with Crippen LogP contribution in [-0.2, 0) is 33.5 Å². The maximum absolute atomic E-state index is 13.2. The number of hydrogen-bond acceptors (Lipinski definition) is 5. The van der Waals surface area contributed by atoms with Gasteiger partial charge in [-0.3, -0.25) is 9.69 Å². The number of carbonyl (C=O) groups excluding carboxylic acids is 1. The molecule has 0 bridgehead atoms. The zero-order chi connectivity index (χ0) is 25.7. The lowest BCUT2D eigenvalue weighted by molar-refractivity contribution is -0.158. The highest BCUT2D eigenvalue weighted by Crippen LogP contribution is 2.32. The number of benzene rings is 2. The summed E-state index contributed by atoms with van der Waals surface area (Å²) < 4.78 is 64.4. The van der Waals surface area contributed by atoms with Crippen LogP contribution in [-0.4, -0.2) is 60.0 Å². The number of rotatable bonds is 6. The number of carbonyl (C=O) groups is 1. The largest absolute Gasteiger partial charge is 0.416 e. The second-order valence-corrected chi connectivity index (χ2v) is 9.37. The number of nitrogens with zero attached hydrogens (tertiary/aromatic N) is 1. The molecule has 36 heavy (non-hydrogen) atoms. The third-order valence-electron chi connectivity index (χ3n) is 6.54. The molecule has 2 N–H and O–H groups in total. The monoisotopic (exact) mass is 510 g/mol. The average molecular weight is 511 g/mol. The van der Waals surface area contributed by atoms with Gasteiger partial charge in [0, 0.05) is 25.7 Å². The van der Waals surface area contributed by atoms with E-state index in [1.807, 2.05) is 4.90 Å². The molecule has 0 radical (unpaired) electrons. The van der Waals surface area contributed by atoms with Crippen LogP contribution in [0.2, 0.25) is 0 Å². The van der Waals surface area contributed by atoms with Crippen LogP contribution >= 0.6 is 0 Å². The van der Waals surface area contributed by atoms with Gasteiger partial charge in [0.25, 0.3) is 0 Å². The van der Waals surface area contributed by atoms with E-state index in [9.17, 15) is 27.5 Å². The van der Waals surface area contributed by atoms with Crippen molar-refractivity contribution in [3.8, 4) is 0 Å². The van der Waals surface area contributed by atoms with Crippen molar-refractivity contribution in [2.75, 3.05) is 19.8 Å². The Hall–Kier alpha value is -2.53. The smallest absolute Gasteiger partial charge is 0.389 e. The van der Waals surface area contributed by atoms with Gasteiger partial charge in [-0.25, -0.2) is 4.39 Å². The first-order chi connectivity index (χ1) is 17.2. The highest BCUT2D eigenvalue weighted by molar-refractivity contribution is 5.76. The van der Waals surface area contributed by atoms with E-state index in [0.717, 1.165) is 17.7 Å². The van der Waals surface area contributed by atoms with Crippen molar-refractivity contribution in [2.45, 2.75) is 62.9 Å². The Bertz CT molecular complexity index is 1020. The molecule has 2 aromatic rings. The van der Waals surface area contributed by atoms with Gasteiger partial charge in [-0.2, -0.15) is 13.2 Å². The zero-order valence-corrected chi connectivity index (χ0v) is 19.7. The predicted octanol–water partition coefficient (Wildman–Crippen LogP) is 3.66. The van der Waals surface area contributed by atoms with Gasteiger partial charge in [-0.05, 0) is 42.2 Å². The van der Waals surface area contributed by atoms with Crippen molar-refractivity contribution in [1.82, 2.24) is 10.2 Å². The minimum atomic E-state index is -4.43. The van der Waals surface area contributed by atoms with Gasteiger partial charge in [0.05, 0.1) is 43.5 Å². The molecule has 0 aliphatic carbocycles. The number of aliphatic hydroxyl groups is 1. The highest BCUT2D eigenvalue weighted by atomic mass is 19.4. The van der Waals surface area contributed by atoms with E-state index < -0.39 is 17.8 Å². The quantitative estimate of drug-likeness (QED) is 0.581. The molecule has 0 unspecified atom stereocenters. The topological polar surface area (TPSA) is 71.0 Å². The standard InChI is InChI=1S/C26H30F4N2O4/c27-20-6-4-17(5-7-20)12-31-25(34)11-22-8-9-23-24(36-22)16-35-15-21(33)14-32(23)13-18-2-1-3-19(10-18)26(28,29)30/h1-7,10,21-24,33H,8-9,11-16H2,(H,31,34)/t21-,22-,23-,24+/m0/s1. The second kappa shape index (κ2) is 11.7. The molecule has 0 spiro atoms. The van der Waals surface area contributed by atoms with Crippen LogP contribution < -0.4 is 5.32 Å². The van der Waals surface area contributed by atoms with Gasteiger partial charge >= 0.3 is 6.18 Å². The Labute approximate surface area is 207 Å². The Kier molecular flexibility index (Phi) is 8.61. The summed E-state index contributed by atoms with van der Waals surface area (Å²) in [6.45, 7) is 1.06. The zero-order valence-electron chi connectivity index (χ0n) is 19.7. The molecule has 2 aliphatic rings. The number of hydrogen-bond donors (Lipinski definition) is 2. The lowest BCUT2D eigenvalue weighted by atomic mass is 9.94. The molecule has 4 rings (SSSR count). The second-order valence-electron chi connectivity index (χ2n) is 9.37. The third-order valence-corrected chi connectivity index (χ3v) is 6.54. The summed E-state index contributed by atoms with van der Waals surface area (Å²) in [6, 6.07) is 10.9.